The first-order chi connectivity index (χ1) is 8.60. The lowest BCUT2D eigenvalue weighted by Crippen LogP contribution is -2.10. The fourth-order valence-corrected chi connectivity index (χ4v) is 1.62. The number of hydrogen-bond donors (Lipinski definition) is 2. The molecule has 2 N–H and O–H groups in total. The maximum atomic E-state index is 11.9. The molecule has 1 aromatic carbocycles. The minimum atomic E-state index is -0.292. The molecule has 0 atom stereocenters. The van der Waals surface area contributed by atoms with Crippen molar-refractivity contribution in [3.05, 3.63) is 47.4 Å². The zero-order valence-electron chi connectivity index (χ0n) is 10.4. The zero-order chi connectivity index (χ0) is 13.1. The molecule has 1 aromatic heterocycles. The topological polar surface area (TPSA) is 62.5 Å². The van der Waals surface area contributed by atoms with Crippen molar-refractivity contribution in [3.63, 3.8) is 0 Å². The van der Waals surface area contributed by atoms with Crippen LogP contribution < -0.4 is 5.32 Å². The molecule has 0 aliphatic heterocycles. The van der Waals surface area contributed by atoms with Gasteiger partial charge in [0.1, 0.15) is 11.5 Å². The van der Waals surface area contributed by atoms with Crippen molar-refractivity contribution in [1.29, 1.82) is 0 Å². The van der Waals surface area contributed by atoms with Crippen LogP contribution in [0.4, 0.5) is 5.69 Å². The standard InChI is InChI=1S/C14H15NO3/c1-3-11-5-7-13(18-11)14(17)15-10-4-6-12(16)9(2)8-10/h4-8,16H,3H2,1-2H3,(H,15,17). The third-order valence-corrected chi connectivity index (χ3v) is 2.69. The molecule has 0 saturated carbocycles. The van der Waals surface area contributed by atoms with Gasteiger partial charge in [-0.25, -0.2) is 0 Å². The van der Waals surface area contributed by atoms with Crippen LogP contribution in [0, 0.1) is 6.92 Å². The summed E-state index contributed by atoms with van der Waals surface area (Å²) in [4.78, 5) is 11.9. The summed E-state index contributed by atoms with van der Waals surface area (Å²) in [5, 5.41) is 12.1. The first-order valence-electron chi connectivity index (χ1n) is 5.80. The van der Waals surface area contributed by atoms with Crippen LogP contribution in [-0.4, -0.2) is 11.0 Å². The molecule has 0 radical (unpaired) electrons. The van der Waals surface area contributed by atoms with Gasteiger partial charge in [-0.2, -0.15) is 0 Å². The molecule has 2 rings (SSSR count). The summed E-state index contributed by atoms with van der Waals surface area (Å²) in [5.74, 6) is 0.985. The number of amides is 1. The average molecular weight is 245 g/mol. The van der Waals surface area contributed by atoms with Crippen LogP contribution in [0.3, 0.4) is 0 Å². The Morgan fingerprint density at radius 1 is 1.33 bits per heavy atom. The summed E-state index contributed by atoms with van der Waals surface area (Å²) in [6.07, 6.45) is 0.756. The van der Waals surface area contributed by atoms with E-state index in [1.54, 1.807) is 37.3 Å². The van der Waals surface area contributed by atoms with E-state index in [-0.39, 0.29) is 17.4 Å². The fourth-order valence-electron chi connectivity index (χ4n) is 1.62. The summed E-state index contributed by atoms with van der Waals surface area (Å²) < 4.78 is 5.36. The maximum absolute atomic E-state index is 11.9. The predicted octanol–water partition coefficient (Wildman–Crippen LogP) is 3.11. The van der Waals surface area contributed by atoms with E-state index >= 15 is 0 Å². The Hall–Kier alpha value is -2.23. The molecule has 4 nitrogen and oxygen atoms in total. The number of anilines is 1. The molecule has 0 aliphatic carbocycles. The van der Waals surface area contributed by atoms with Gasteiger partial charge in [0.25, 0.3) is 5.91 Å². The van der Waals surface area contributed by atoms with Crippen molar-refractivity contribution in [1.82, 2.24) is 0 Å². The van der Waals surface area contributed by atoms with Crippen LogP contribution in [0.5, 0.6) is 5.75 Å². The third-order valence-electron chi connectivity index (χ3n) is 2.69. The number of furan rings is 1. The number of phenolic OH excluding ortho intramolecular Hbond substituents is 1. The van der Waals surface area contributed by atoms with Crippen LogP contribution in [0.15, 0.2) is 34.7 Å². The second kappa shape index (κ2) is 4.96. The predicted molar refractivity (Wildman–Crippen MR) is 68.9 cm³/mol. The molecular formula is C14H15NO3. The Bertz CT molecular complexity index is 572. The molecule has 4 heteroatoms. The molecule has 0 unspecified atom stereocenters. The van der Waals surface area contributed by atoms with Gasteiger partial charge < -0.3 is 14.8 Å². The quantitative estimate of drug-likeness (QED) is 0.817. The summed E-state index contributed by atoms with van der Waals surface area (Å²) in [7, 11) is 0. The first kappa shape index (κ1) is 12.2. The van der Waals surface area contributed by atoms with Crippen molar-refractivity contribution in [2.75, 3.05) is 5.32 Å². The third kappa shape index (κ3) is 2.53. The van der Waals surface area contributed by atoms with Gasteiger partial charge in [-0.3, -0.25) is 4.79 Å². The van der Waals surface area contributed by atoms with Crippen molar-refractivity contribution < 1.29 is 14.3 Å². The van der Waals surface area contributed by atoms with Gasteiger partial charge in [-0.1, -0.05) is 6.92 Å². The number of nitrogens with one attached hydrogen (secondary N) is 1. The van der Waals surface area contributed by atoms with Crippen LogP contribution in [0.1, 0.15) is 28.8 Å². The van der Waals surface area contributed by atoms with Crippen molar-refractivity contribution in [3.8, 4) is 5.75 Å². The number of benzene rings is 1. The van der Waals surface area contributed by atoms with Crippen LogP contribution in [0.2, 0.25) is 0 Å². The van der Waals surface area contributed by atoms with E-state index in [0.29, 0.717) is 11.3 Å². The van der Waals surface area contributed by atoms with Crippen LogP contribution in [-0.2, 0) is 6.42 Å². The maximum Gasteiger partial charge on any atom is 0.291 e. The van der Waals surface area contributed by atoms with Gasteiger partial charge in [-0.05, 0) is 42.8 Å². The minimum Gasteiger partial charge on any atom is -0.508 e. The smallest absolute Gasteiger partial charge is 0.291 e. The first-order valence-corrected chi connectivity index (χ1v) is 5.80. The molecule has 94 valence electrons. The van der Waals surface area contributed by atoms with Crippen LogP contribution >= 0.6 is 0 Å². The highest BCUT2D eigenvalue weighted by molar-refractivity contribution is 6.02. The second-order valence-corrected chi connectivity index (χ2v) is 4.07. The van der Waals surface area contributed by atoms with E-state index in [1.165, 1.54) is 0 Å². The summed E-state index contributed by atoms with van der Waals surface area (Å²) in [5.41, 5.74) is 1.34. The number of aryl methyl sites for hydroxylation is 2. The highest BCUT2D eigenvalue weighted by atomic mass is 16.3. The Labute approximate surface area is 105 Å². The Morgan fingerprint density at radius 3 is 2.72 bits per heavy atom. The molecule has 0 saturated heterocycles. The Kier molecular flexibility index (Phi) is 3.37. The van der Waals surface area contributed by atoms with E-state index in [9.17, 15) is 9.90 Å². The van der Waals surface area contributed by atoms with Crippen LogP contribution in [0.25, 0.3) is 0 Å². The van der Waals surface area contributed by atoms with Gasteiger partial charge in [0, 0.05) is 12.1 Å². The summed E-state index contributed by atoms with van der Waals surface area (Å²) >= 11 is 0. The molecule has 0 spiro atoms. The number of carbonyl (C=O) groups is 1. The lowest BCUT2D eigenvalue weighted by Gasteiger charge is -2.05. The number of carbonyl (C=O) groups excluding carboxylic acids is 1. The monoisotopic (exact) mass is 245 g/mol. The summed E-state index contributed by atoms with van der Waals surface area (Å²) in [6.45, 7) is 3.73. The minimum absolute atomic E-state index is 0.208. The SMILES string of the molecule is CCc1ccc(C(=O)Nc2ccc(O)c(C)c2)o1. The molecule has 0 bridgehead atoms. The van der Waals surface area contributed by atoms with E-state index in [2.05, 4.69) is 5.32 Å². The molecule has 1 heterocycles. The highest BCUT2D eigenvalue weighted by Crippen LogP contribution is 2.20. The number of phenols is 1. The molecule has 1 amide bonds. The molecule has 0 aliphatic rings. The van der Waals surface area contributed by atoms with E-state index in [0.717, 1.165) is 12.2 Å². The summed E-state index contributed by atoms with van der Waals surface area (Å²) in [6, 6.07) is 8.34. The van der Waals surface area contributed by atoms with Gasteiger partial charge in [0.15, 0.2) is 5.76 Å². The lowest BCUT2D eigenvalue weighted by molar-refractivity contribution is 0.0995. The lowest BCUT2D eigenvalue weighted by atomic mass is 10.2. The van der Waals surface area contributed by atoms with E-state index < -0.39 is 0 Å². The van der Waals surface area contributed by atoms with Crippen molar-refractivity contribution in [2.45, 2.75) is 20.3 Å². The molecule has 18 heavy (non-hydrogen) atoms. The van der Waals surface area contributed by atoms with E-state index in [1.807, 2.05) is 6.92 Å². The number of aromatic hydroxyl groups is 1. The number of hydrogen-bond acceptors (Lipinski definition) is 3. The van der Waals surface area contributed by atoms with Gasteiger partial charge in [-0.15, -0.1) is 0 Å². The van der Waals surface area contributed by atoms with E-state index in [4.69, 9.17) is 4.42 Å². The zero-order valence-corrected chi connectivity index (χ0v) is 10.4. The molecule has 0 fully saturated rings. The molecular weight excluding hydrogens is 230 g/mol. The van der Waals surface area contributed by atoms with Crippen molar-refractivity contribution in [2.24, 2.45) is 0 Å². The Balaban J connectivity index is 2.13. The average Bonchev–Trinajstić information content (AvgIpc) is 2.82. The second-order valence-electron chi connectivity index (χ2n) is 4.07. The largest absolute Gasteiger partial charge is 0.508 e. The molecule has 2 aromatic rings. The van der Waals surface area contributed by atoms with Gasteiger partial charge in [0.2, 0.25) is 0 Å². The normalized spacial score (nSPS) is 10.3. The fraction of sp³-hybridized carbons (Fsp3) is 0.214. The Morgan fingerprint density at radius 2 is 2.11 bits per heavy atom. The van der Waals surface area contributed by atoms with Crippen molar-refractivity contribution >= 4 is 11.6 Å². The number of rotatable bonds is 3. The van der Waals surface area contributed by atoms with Gasteiger partial charge in [0.05, 0.1) is 0 Å². The van der Waals surface area contributed by atoms with Gasteiger partial charge >= 0.3 is 0 Å². The highest BCUT2D eigenvalue weighted by Gasteiger charge is 2.11.